The van der Waals surface area contributed by atoms with E-state index in [1.807, 2.05) is 18.2 Å². The van der Waals surface area contributed by atoms with E-state index in [0.717, 1.165) is 11.1 Å². The molecule has 0 aliphatic rings. The molecule has 1 aromatic carbocycles. The molecule has 0 saturated heterocycles. The quantitative estimate of drug-likeness (QED) is 0.700. The molecule has 7 nitrogen and oxygen atoms in total. The van der Waals surface area contributed by atoms with Gasteiger partial charge in [0.1, 0.15) is 17.3 Å². The van der Waals surface area contributed by atoms with Crippen molar-refractivity contribution in [2.45, 2.75) is 6.92 Å². The number of aromatic amines is 1. The van der Waals surface area contributed by atoms with Crippen molar-refractivity contribution in [3.63, 3.8) is 0 Å². The molecule has 7 heteroatoms. The monoisotopic (exact) mass is 327 g/mol. The minimum absolute atomic E-state index is 0.148. The van der Waals surface area contributed by atoms with Crippen molar-refractivity contribution >= 4 is 17.1 Å². The average Bonchev–Trinajstić information content (AvgIpc) is 3.03. The molecule has 124 valence electrons. The number of benzene rings is 1. The van der Waals surface area contributed by atoms with Crippen molar-refractivity contribution in [1.82, 2.24) is 15.0 Å². The van der Waals surface area contributed by atoms with Gasteiger partial charge in [-0.25, -0.2) is 14.8 Å². The number of carbonyl (C=O) groups excluding carboxylic acids is 1. The van der Waals surface area contributed by atoms with E-state index in [0.29, 0.717) is 29.6 Å². The second kappa shape index (κ2) is 6.99. The molecule has 3 rings (SSSR count). The van der Waals surface area contributed by atoms with Crippen LogP contribution in [-0.4, -0.2) is 41.2 Å². The molecule has 0 fully saturated rings. The summed E-state index contributed by atoms with van der Waals surface area (Å²) in [6.07, 6.45) is 1.69. The van der Waals surface area contributed by atoms with Crippen molar-refractivity contribution in [3.05, 3.63) is 36.5 Å². The van der Waals surface area contributed by atoms with Crippen molar-refractivity contribution in [2.24, 2.45) is 0 Å². The summed E-state index contributed by atoms with van der Waals surface area (Å²) in [6, 6.07) is 9.01. The molecular weight excluding hydrogens is 310 g/mol. The molecule has 0 aliphatic heterocycles. The van der Waals surface area contributed by atoms with E-state index >= 15 is 0 Å². The summed E-state index contributed by atoms with van der Waals surface area (Å²) in [6.45, 7) is 1.92. The fourth-order valence-electron chi connectivity index (χ4n) is 2.27. The second-order valence-corrected chi connectivity index (χ2v) is 4.92. The van der Waals surface area contributed by atoms with E-state index in [4.69, 9.17) is 14.2 Å². The van der Waals surface area contributed by atoms with Gasteiger partial charge >= 0.3 is 5.97 Å². The van der Waals surface area contributed by atoms with E-state index in [2.05, 4.69) is 15.0 Å². The van der Waals surface area contributed by atoms with Gasteiger partial charge in [0.2, 0.25) is 0 Å². The second-order valence-electron chi connectivity index (χ2n) is 4.92. The number of rotatable bonds is 6. The Morgan fingerprint density at radius 1 is 1.29 bits per heavy atom. The number of aromatic nitrogens is 3. The van der Waals surface area contributed by atoms with Crippen LogP contribution in [0, 0.1) is 0 Å². The van der Waals surface area contributed by atoms with Crippen molar-refractivity contribution in [2.75, 3.05) is 20.3 Å². The number of ether oxygens (including phenoxy) is 3. The largest absolute Gasteiger partial charge is 0.496 e. The van der Waals surface area contributed by atoms with Crippen LogP contribution in [0.2, 0.25) is 0 Å². The zero-order valence-corrected chi connectivity index (χ0v) is 13.4. The molecule has 0 amide bonds. The fourth-order valence-corrected chi connectivity index (χ4v) is 2.27. The average molecular weight is 327 g/mol. The van der Waals surface area contributed by atoms with Crippen LogP contribution < -0.4 is 9.47 Å². The van der Waals surface area contributed by atoms with E-state index in [1.54, 1.807) is 32.4 Å². The number of H-pyrrole nitrogens is 1. The Kier molecular flexibility index (Phi) is 4.60. The molecule has 3 aromatic rings. The Morgan fingerprint density at radius 2 is 2.17 bits per heavy atom. The minimum Gasteiger partial charge on any atom is -0.496 e. The molecule has 2 heterocycles. The highest BCUT2D eigenvalue weighted by Gasteiger charge is 2.13. The Balaban J connectivity index is 1.85. The van der Waals surface area contributed by atoms with Crippen LogP contribution in [0.4, 0.5) is 0 Å². The van der Waals surface area contributed by atoms with Gasteiger partial charge in [-0.05, 0) is 31.2 Å². The number of nitrogens with zero attached hydrogens (tertiary/aromatic N) is 2. The van der Waals surface area contributed by atoms with E-state index < -0.39 is 5.97 Å². The summed E-state index contributed by atoms with van der Waals surface area (Å²) in [4.78, 5) is 23.2. The first-order valence-electron chi connectivity index (χ1n) is 7.49. The van der Waals surface area contributed by atoms with Gasteiger partial charge in [-0.15, -0.1) is 0 Å². The first kappa shape index (κ1) is 15.8. The number of imidazole rings is 1. The third-order valence-electron chi connectivity index (χ3n) is 3.35. The third-order valence-corrected chi connectivity index (χ3v) is 3.35. The van der Waals surface area contributed by atoms with Crippen molar-refractivity contribution < 1.29 is 19.0 Å². The van der Waals surface area contributed by atoms with Crippen LogP contribution >= 0.6 is 0 Å². The zero-order valence-electron chi connectivity index (χ0n) is 13.4. The number of hydrogen-bond acceptors (Lipinski definition) is 6. The van der Waals surface area contributed by atoms with Crippen molar-refractivity contribution in [1.29, 1.82) is 0 Å². The van der Waals surface area contributed by atoms with E-state index in [-0.39, 0.29) is 6.61 Å². The Bertz CT molecular complexity index is 827. The van der Waals surface area contributed by atoms with Gasteiger partial charge in [-0.2, -0.15) is 0 Å². The standard InChI is InChI=1S/C17H17N3O4/c1-3-23-15(21)10-24-11-6-7-12(14(9-11)22-2)16-19-13-5-4-8-18-17(13)20-16/h4-9H,3,10H2,1-2H3,(H,18,19,20). The highest BCUT2D eigenvalue weighted by Crippen LogP contribution is 2.32. The summed E-state index contributed by atoms with van der Waals surface area (Å²) in [5, 5.41) is 0. The highest BCUT2D eigenvalue weighted by atomic mass is 16.6. The summed E-state index contributed by atoms with van der Waals surface area (Å²) < 4.78 is 15.7. The van der Waals surface area contributed by atoms with Crippen LogP contribution in [-0.2, 0) is 9.53 Å². The lowest BCUT2D eigenvalue weighted by Crippen LogP contribution is -2.14. The summed E-state index contributed by atoms with van der Waals surface area (Å²) in [5.41, 5.74) is 2.26. The molecule has 0 atom stereocenters. The molecule has 0 saturated carbocycles. The predicted octanol–water partition coefficient (Wildman–Crippen LogP) is 2.58. The van der Waals surface area contributed by atoms with Gasteiger partial charge < -0.3 is 19.2 Å². The van der Waals surface area contributed by atoms with Crippen LogP contribution in [0.5, 0.6) is 11.5 Å². The first-order valence-corrected chi connectivity index (χ1v) is 7.49. The van der Waals surface area contributed by atoms with Crippen LogP contribution in [0.25, 0.3) is 22.6 Å². The van der Waals surface area contributed by atoms with E-state index in [1.165, 1.54) is 0 Å². The lowest BCUT2D eigenvalue weighted by Gasteiger charge is -2.10. The minimum atomic E-state index is -0.413. The lowest BCUT2D eigenvalue weighted by molar-refractivity contribution is -0.145. The maximum Gasteiger partial charge on any atom is 0.344 e. The molecule has 1 N–H and O–H groups in total. The summed E-state index contributed by atoms with van der Waals surface area (Å²) in [7, 11) is 1.56. The number of pyridine rings is 1. The SMILES string of the molecule is CCOC(=O)COc1ccc(-c2nc3ncccc3[nH]2)c(OC)c1. The molecule has 0 bridgehead atoms. The highest BCUT2D eigenvalue weighted by molar-refractivity contribution is 5.78. The summed E-state index contributed by atoms with van der Waals surface area (Å²) in [5.74, 6) is 1.33. The first-order chi connectivity index (χ1) is 11.7. The number of nitrogens with one attached hydrogen (secondary N) is 1. The van der Waals surface area contributed by atoms with E-state index in [9.17, 15) is 4.79 Å². The van der Waals surface area contributed by atoms with Gasteiger partial charge in [0.05, 0.1) is 24.8 Å². The van der Waals surface area contributed by atoms with Crippen LogP contribution in [0.3, 0.4) is 0 Å². The van der Waals surface area contributed by atoms with Crippen LogP contribution in [0.15, 0.2) is 36.5 Å². The van der Waals surface area contributed by atoms with Gasteiger partial charge in [0.25, 0.3) is 0 Å². The molecule has 0 unspecified atom stereocenters. The maximum absolute atomic E-state index is 11.4. The number of fused-ring (bicyclic) bond motifs is 1. The molecule has 24 heavy (non-hydrogen) atoms. The maximum atomic E-state index is 11.4. The lowest BCUT2D eigenvalue weighted by atomic mass is 10.2. The fraction of sp³-hybridized carbons (Fsp3) is 0.235. The predicted molar refractivity (Wildman–Crippen MR) is 88.0 cm³/mol. The normalized spacial score (nSPS) is 10.6. The number of hydrogen-bond donors (Lipinski definition) is 1. The molecule has 0 radical (unpaired) electrons. The third kappa shape index (κ3) is 3.29. The molecular formula is C17H17N3O4. The van der Waals surface area contributed by atoms with Gasteiger partial charge in [0, 0.05) is 12.3 Å². The molecule has 2 aromatic heterocycles. The van der Waals surface area contributed by atoms with Gasteiger partial charge in [-0.1, -0.05) is 0 Å². The molecule has 0 aliphatic carbocycles. The smallest absolute Gasteiger partial charge is 0.344 e. The zero-order chi connectivity index (χ0) is 16.9. The number of methoxy groups -OCH3 is 1. The van der Waals surface area contributed by atoms with Gasteiger partial charge in [-0.3, -0.25) is 0 Å². The van der Waals surface area contributed by atoms with Crippen molar-refractivity contribution in [3.8, 4) is 22.9 Å². The molecule has 0 spiro atoms. The van der Waals surface area contributed by atoms with Crippen LogP contribution in [0.1, 0.15) is 6.92 Å². The number of esters is 1. The Labute approximate surface area is 138 Å². The Hall–Kier alpha value is -3.09. The number of carbonyl (C=O) groups is 1. The summed E-state index contributed by atoms with van der Waals surface area (Å²) >= 11 is 0. The Morgan fingerprint density at radius 3 is 2.92 bits per heavy atom. The van der Waals surface area contributed by atoms with Gasteiger partial charge in [0.15, 0.2) is 12.3 Å². The topological polar surface area (TPSA) is 86.3 Å².